The Hall–Kier alpha value is -1.76. The Morgan fingerprint density at radius 2 is 2.26 bits per heavy atom. The van der Waals surface area contributed by atoms with Crippen LogP contribution in [-0.2, 0) is 11.3 Å². The van der Waals surface area contributed by atoms with Crippen LogP contribution in [0, 0.1) is 0 Å². The van der Waals surface area contributed by atoms with Gasteiger partial charge in [-0.05, 0) is 26.9 Å². The number of esters is 1. The molecule has 0 aromatic carbocycles. The molecular formula is C12H21N5O2. The molecule has 1 heterocycles. The molecule has 106 valence electrons. The summed E-state index contributed by atoms with van der Waals surface area (Å²) in [4.78, 5) is 13.8. The molecule has 0 aliphatic heterocycles. The molecule has 0 radical (unpaired) electrons. The fourth-order valence-corrected chi connectivity index (χ4v) is 1.77. The Labute approximate surface area is 112 Å². The number of methoxy groups -OCH3 is 1. The van der Waals surface area contributed by atoms with E-state index in [2.05, 4.69) is 10.4 Å². The highest BCUT2D eigenvalue weighted by Gasteiger charge is 2.28. The molecule has 3 N–H and O–H groups in total. The van der Waals surface area contributed by atoms with E-state index in [-0.39, 0.29) is 0 Å². The molecule has 1 aliphatic carbocycles. The van der Waals surface area contributed by atoms with Gasteiger partial charge in [-0.15, -0.1) is 0 Å². The summed E-state index contributed by atoms with van der Waals surface area (Å²) in [6, 6.07) is 0.403. The number of likely N-dealkylation sites (N-methyl/N-ethyl adjacent to an activating group) is 1. The number of rotatable bonds is 6. The van der Waals surface area contributed by atoms with Crippen LogP contribution >= 0.6 is 0 Å². The van der Waals surface area contributed by atoms with Gasteiger partial charge in [0.2, 0.25) is 0 Å². The standard InChI is InChI=1S/C12H21N5O2/c1-16(2)6-7-17-10(13)9(12(18)19-3)11(15-17)14-8-4-5-8/h8H,4-7,13H2,1-3H3,(H,14,15). The van der Waals surface area contributed by atoms with Gasteiger partial charge in [0, 0.05) is 12.6 Å². The predicted octanol–water partition coefficient (Wildman–Crippen LogP) is 0.388. The number of carbonyl (C=O) groups excluding carboxylic acids is 1. The number of hydrogen-bond acceptors (Lipinski definition) is 6. The molecule has 0 saturated heterocycles. The second kappa shape index (κ2) is 5.48. The number of anilines is 2. The SMILES string of the molecule is COC(=O)c1c(NC2CC2)nn(CCN(C)C)c1N. The van der Waals surface area contributed by atoms with Crippen LogP contribution in [0.4, 0.5) is 11.6 Å². The van der Waals surface area contributed by atoms with E-state index in [9.17, 15) is 4.79 Å². The molecule has 1 aliphatic rings. The molecule has 19 heavy (non-hydrogen) atoms. The van der Waals surface area contributed by atoms with E-state index in [4.69, 9.17) is 10.5 Å². The van der Waals surface area contributed by atoms with E-state index in [0.29, 0.717) is 29.8 Å². The summed E-state index contributed by atoms with van der Waals surface area (Å²) in [5.41, 5.74) is 6.34. The lowest BCUT2D eigenvalue weighted by atomic mass is 10.3. The van der Waals surface area contributed by atoms with Crippen LogP contribution in [0.25, 0.3) is 0 Å². The third kappa shape index (κ3) is 3.17. The van der Waals surface area contributed by atoms with Gasteiger partial charge in [0.05, 0.1) is 13.7 Å². The maximum Gasteiger partial charge on any atom is 0.345 e. The number of nitrogens with two attached hydrogens (primary N) is 1. The minimum Gasteiger partial charge on any atom is -0.465 e. The number of ether oxygens (including phenoxy) is 1. The fourth-order valence-electron chi connectivity index (χ4n) is 1.77. The normalized spacial score (nSPS) is 14.7. The first-order chi connectivity index (χ1) is 9.02. The van der Waals surface area contributed by atoms with Crippen molar-refractivity contribution in [3.63, 3.8) is 0 Å². The van der Waals surface area contributed by atoms with Crippen molar-refractivity contribution in [2.45, 2.75) is 25.4 Å². The average Bonchev–Trinajstić information content (AvgIpc) is 3.11. The molecule has 1 aromatic heterocycles. The Morgan fingerprint density at radius 3 is 2.79 bits per heavy atom. The highest BCUT2D eigenvalue weighted by Crippen LogP contribution is 2.29. The Kier molecular flexibility index (Phi) is 3.94. The van der Waals surface area contributed by atoms with Crippen LogP contribution in [-0.4, -0.2) is 54.4 Å². The molecule has 0 bridgehead atoms. The lowest BCUT2D eigenvalue weighted by Crippen LogP contribution is -2.20. The molecule has 2 rings (SSSR count). The van der Waals surface area contributed by atoms with Crippen molar-refractivity contribution in [2.75, 3.05) is 38.8 Å². The molecular weight excluding hydrogens is 246 g/mol. The second-order valence-corrected chi connectivity index (χ2v) is 5.05. The van der Waals surface area contributed by atoms with Gasteiger partial charge in [0.25, 0.3) is 0 Å². The lowest BCUT2D eigenvalue weighted by Gasteiger charge is -2.10. The van der Waals surface area contributed by atoms with Crippen molar-refractivity contribution in [3.05, 3.63) is 5.56 Å². The predicted molar refractivity (Wildman–Crippen MR) is 73.2 cm³/mol. The zero-order valence-electron chi connectivity index (χ0n) is 11.6. The number of nitrogens with zero attached hydrogens (tertiary/aromatic N) is 3. The molecule has 0 unspecified atom stereocenters. The molecule has 0 amide bonds. The van der Waals surface area contributed by atoms with E-state index >= 15 is 0 Å². The maximum atomic E-state index is 11.8. The summed E-state index contributed by atoms with van der Waals surface area (Å²) in [5, 5.41) is 7.61. The second-order valence-electron chi connectivity index (χ2n) is 5.05. The highest BCUT2D eigenvalue weighted by atomic mass is 16.5. The number of nitrogens with one attached hydrogen (secondary N) is 1. The zero-order valence-corrected chi connectivity index (χ0v) is 11.6. The summed E-state index contributed by atoms with van der Waals surface area (Å²) in [5.74, 6) is 0.444. The molecule has 1 fully saturated rings. The summed E-state index contributed by atoms with van der Waals surface area (Å²) < 4.78 is 6.43. The van der Waals surface area contributed by atoms with Gasteiger partial charge >= 0.3 is 5.97 Å². The van der Waals surface area contributed by atoms with E-state index in [1.165, 1.54) is 7.11 Å². The minimum atomic E-state index is -0.447. The van der Waals surface area contributed by atoms with Gasteiger partial charge in [-0.25, -0.2) is 9.48 Å². The van der Waals surface area contributed by atoms with Crippen LogP contribution in [0.5, 0.6) is 0 Å². The van der Waals surface area contributed by atoms with E-state index in [1.54, 1.807) is 4.68 Å². The number of hydrogen-bond donors (Lipinski definition) is 2. The molecule has 7 heteroatoms. The number of nitrogen functional groups attached to an aromatic ring is 1. The molecule has 1 aromatic rings. The Morgan fingerprint density at radius 1 is 1.58 bits per heavy atom. The summed E-state index contributed by atoms with van der Waals surface area (Å²) >= 11 is 0. The van der Waals surface area contributed by atoms with Crippen molar-refractivity contribution in [3.8, 4) is 0 Å². The summed E-state index contributed by atoms with van der Waals surface area (Å²) in [7, 11) is 5.30. The largest absolute Gasteiger partial charge is 0.465 e. The zero-order chi connectivity index (χ0) is 14.0. The lowest BCUT2D eigenvalue weighted by molar-refractivity contribution is 0.0603. The van der Waals surface area contributed by atoms with E-state index in [0.717, 1.165) is 19.4 Å². The molecule has 0 atom stereocenters. The van der Waals surface area contributed by atoms with Gasteiger partial charge in [0.15, 0.2) is 5.82 Å². The molecule has 7 nitrogen and oxygen atoms in total. The first kappa shape index (κ1) is 13.7. The topological polar surface area (TPSA) is 85.4 Å². The van der Waals surface area contributed by atoms with Crippen LogP contribution in [0.3, 0.4) is 0 Å². The van der Waals surface area contributed by atoms with Gasteiger partial charge < -0.3 is 20.7 Å². The monoisotopic (exact) mass is 267 g/mol. The van der Waals surface area contributed by atoms with Gasteiger partial charge in [-0.1, -0.05) is 0 Å². The third-order valence-electron chi connectivity index (χ3n) is 3.06. The maximum absolute atomic E-state index is 11.8. The fraction of sp³-hybridized carbons (Fsp3) is 0.667. The summed E-state index contributed by atoms with van der Waals surface area (Å²) in [6.45, 7) is 1.44. The van der Waals surface area contributed by atoms with Crippen molar-refractivity contribution in [1.29, 1.82) is 0 Å². The minimum absolute atomic E-state index is 0.341. The van der Waals surface area contributed by atoms with Crippen LogP contribution < -0.4 is 11.1 Å². The molecule has 0 spiro atoms. The Bertz CT molecular complexity index is 465. The van der Waals surface area contributed by atoms with Crippen LogP contribution in [0.2, 0.25) is 0 Å². The first-order valence-corrected chi connectivity index (χ1v) is 6.38. The van der Waals surface area contributed by atoms with Crippen molar-refractivity contribution in [2.24, 2.45) is 0 Å². The van der Waals surface area contributed by atoms with E-state index < -0.39 is 5.97 Å². The van der Waals surface area contributed by atoms with Crippen LogP contribution in [0.1, 0.15) is 23.2 Å². The summed E-state index contributed by atoms with van der Waals surface area (Å²) in [6.07, 6.45) is 2.20. The third-order valence-corrected chi connectivity index (χ3v) is 3.06. The first-order valence-electron chi connectivity index (χ1n) is 6.38. The van der Waals surface area contributed by atoms with Gasteiger partial charge in [-0.2, -0.15) is 5.10 Å². The van der Waals surface area contributed by atoms with Crippen molar-refractivity contribution in [1.82, 2.24) is 14.7 Å². The number of aromatic nitrogens is 2. The molecule has 1 saturated carbocycles. The average molecular weight is 267 g/mol. The number of carbonyl (C=O) groups is 1. The highest BCUT2D eigenvalue weighted by molar-refractivity contribution is 5.99. The van der Waals surface area contributed by atoms with Gasteiger partial charge in [-0.3, -0.25) is 0 Å². The quantitative estimate of drug-likeness (QED) is 0.725. The van der Waals surface area contributed by atoms with Crippen LogP contribution in [0.15, 0.2) is 0 Å². The van der Waals surface area contributed by atoms with Gasteiger partial charge in [0.1, 0.15) is 11.4 Å². The van der Waals surface area contributed by atoms with E-state index in [1.807, 2.05) is 19.0 Å². The van der Waals surface area contributed by atoms with Crippen molar-refractivity contribution >= 4 is 17.6 Å². The van der Waals surface area contributed by atoms with Crippen molar-refractivity contribution < 1.29 is 9.53 Å². The Balaban J connectivity index is 2.23. The smallest absolute Gasteiger partial charge is 0.345 e.